The molecule has 0 saturated heterocycles. The topological polar surface area (TPSA) is 148 Å². The molecule has 2 aromatic carbocycles. The molecule has 0 unspecified atom stereocenters. The van der Waals surface area contributed by atoms with E-state index in [9.17, 15) is 19.6 Å². The summed E-state index contributed by atoms with van der Waals surface area (Å²) in [5, 5.41) is 23.9. The first kappa shape index (κ1) is 20.7. The molecule has 3 aromatic rings. The van der Waals surface area contributed by atoms with E-state index >= 15 is 0 Å². The van der Waals surface area contributed by atoms with Crippen molar-refractivity contribution < 1.29 is 14.7 Å². The zero-order valence-corrected chi connectivity index (χ0v) is 16.0. The lowest BCUT2D eigenvalue weighted by atomic mass is 10.1. The molecule has 0 aliphatic heterocycles. The van der Waals surface area contributed by atoms with Gasteiger partial charge in [-0.05, 0) is 36.4 Å². The second kappa shape index (κ2) is 9.00. The molecule has 4 N–H and O–H groups in total. The second-order valence-corrected chi connectivity index (χ2v) is 6.43. The summed E-state index contributed by atoms with van der Waals surface area (Å²) in [7, 11) is 0. The molecule has 1 amide bonds. The van der Waals surface area contributed by atoms with Crippen molar-refractivity contribution in [2.45, 2.75) is 0 Å². The van der Waals surface area contributed by atoms with Crippen LogP contribution < -0.4 is 16.2 Å². The number of nitrogens with one attached hydrogen (secondary N) is 3. The Balaban J connectivity index is 1.92. The largest absolute Gasteiger partial charge is 0.388 e. The van der Waals surface area contributed by atoms with Crippen LogP contribution in [0.2, 0.25) is 5.02 Å². The van der Waals surface area contributed by atoms with Crippen molar-refractivity contribution in [3.8, 4) is 17.3 Å². The van der Waals surface area contributed by atoms with E-state index in [2.05, 4.69) is 20.6 Å². The Labute approximate surface area is 175 Å². The van der Waals surface area contributed by atoms with Gasteiger partial charge in [0, 0.05) is 22.0 Å². The normalized spacial score (nSPS) is 10.2. The van der Waals surface area contributed by atoms with Crippen molar-refractivity contribution in [1.29, 1.82) is 5.26 Å². The lowest BCUT2D eigenvalue weighted by Gasteiger charge is -2.10. The number of nitriles is 1. The van der Waals surface area contributed by atoms with Gasteiger partial charge in [0.1, 0.15) is 18.2 Å². The maximum absolute atomic E-state index is 12.3. The molecule has 30 heavy (non-hydrogen) atoms. The Bertz CT molecular complexity index is 1200. The first-order valence-electron chi connectivity index (χ1n) is 8.53. The smallest absolute Gasteiger partial charge is 0.294 e. The van der Waals surface area contributed by atoms with Gasteiger partial charge in [-0.2, -0.15) is 5.26 Å². The summed E-state index contributed by atoms with van der Waals surface area (Å²) in [6.07, 6.45) is 0. The molecule has 0 aliphatic carbocycles. The van der Waals surface area contributed by atoms with E-state index in [1.54, 1.807) is 24.3 Å². The number of hydrogen-bond donors (Lipinski definition) is 4. The Morgan fingerprint density at radius 2 is 1.73 bits per heavy atom. The quantitative estimate of drug-likeness (QED) is 0.444. The number of aromatic amines is 1. The van der Waals surface area contributed by atoms with E-state index < -0.39 is 23.9 Å². The van der Waals surface area contributed by atoms with Crippen LogP contribution >= 0.6 is 11.6 Å². The summed E-state index contributed by atoms with van der Waals surface area (Å²) in [5.74, 6) is -1.80. The number of H-pyrrole nitrogens is 1. The molecule has 0 atom stereocenters. The van der Waals surface area contributed by atoms with Gasteiger partial charge in [0.2, 0.25) is 11.7 Å². The number of halogens is 1. The highest BCUT2D eigenvalue weighted by atomic mass is 35.5. The molecular formula is C20H14ClN5O4. The number of benzene rings is 2. The number of anilines is 3. The van der Waals surface area contributed by atoms with E-state index in [0.29, 0.717) is 22.0 Å². The predicted octanol–water partition coefficient (Wildman–Crippen LogP) is 2.21. The number of aliphatic hydroxyl groups excluding tert-OH is 1. The van der Waals surface area contributed by atoms with Crippen molar-refractivity contribution >= 4 is 40.6 Å². The molecule has 1 aromatic heterocycles. The van der Waals surface area contributed by atoms with Crippen molar-refractivity contribution in [2.24, 2.45) is 0 Å². The van der Waals surface area contributed by atoms with Crippen LogP contribution in [0.4, 0.5) is 17.3 Å². The summed E-state index contributed by atoms with van der Waals surface area (Å²) in [4.78, 5) is 41.9. The monoisotopic (exact) mass is 423 g/mol. The molecule has 0 bridgehead atoms. The number of ketones is 1. The lowest BCUT2D eigenvalue weighted by molar-refractivity contribution is -0.136. The van der Waals surface area contributed by atoms with Crippen molar-refractivity contribution in [3.05, 3.63) is 69.5 Å². The van der Waals surface area contributed by atoms with Gasteiger partial charge in [-0.1, -0.05) is 23.7 Å². The van der Waals surface area contributed by atoms with Crippen LogP contribution in [-0.4, -0.2) is 33.4 Å². The van der Waals surface area contributed by atoms with Gasteiger partial charge in [0.15, 0.2) is 0 Å². The predicted molar refractivity (Wildman–Crippen MR) is 110 cm³/mol. The first-order valence-corrected chi connectivity index (χ1v) is 8.91. The van der Waals surface area contributed by atoms with Crippen LogP contribution in [0.5, 0.6) is 0 Å². The zero-order chi connectivity index (χ0) is 21.7. The fraction of sp³-hybridized carbons (Fsp3) is 0.0500. The van der Waals surface area contributed by atoms with E-state index in [4.69, 9.17) is 16.7 Å². The summed E-state index contributed by atoms with van der Waals surface area (Å²) in [6.45, 7) is -0.893. The average Bonchev–Trinajstić information content (AvgIpc) is 2.75. The van der Waals surface area contributed by atoms with Crippen LogP contribution in [0.25, 0.3) is 11.3 Å². The third-order valence-corrected chi connectivity index (χ3v) is 4.20. The number of amides is 1. The fourth-order valence-electron chi connectivity index (χ4n) is 2.50. The lowest BCUT2D eigenvalue weighted by Crippen LogP contribution is -2.25. The van der Waals surface area contributed by atoms with Crippen LogP contribution in [0.15, 0.2) is 53.3 Å². The van der Waals surface area contributed by atoms with Gasteiger partial charge in [-0.3, -0.25) is 19.4 Å². The van der Waals surface area contributed by atoms with Crippen molar-refractivity contribution in [3.63, 3.8) is 0 Å². The fourth-order valence-corrected chi connectivity index (χ4v) is 2.63. The summed E-state index contributed by atoms with van der Waals surface area (Å²) in [5.41, 5.74) is 0.720. The Morgan fingerprint density at radius 1 is 1.10 bits per heavy atom. The minimum Gasteiger partial charge on any atom is -0.388 e. The van der Waals surface area contributed by atoms with Gasteiger partial charge in [-0.15, -0.1) is 0 Å². The number of aromatic nitrogens is 2. The van der Waals surface area contributed by atoms with Gasteiger partial charge >= 0.3 is 0 Å². The van der Waals surface area contributed by atoms with Crippen LogP contribution in [0, 0.1) is 11.3 Å². The number of hydrogen-bond acceptors (Lipinski definition) is 7. The highest BCUT2D eigenvalue weighted by Crippen LogP contribution is 2.23. The van der Waals surface area contributed by atoms with Crippen LogP contribution in [0.1, 0.15) is 5.56 Å². The number of aliphatic hydroxyl groups is 1. The van der Waals surface area contributed by atoms with E-state index in [1.807, 2.05) is 6.07 Å². The molecule has 1 heterocycles. The molecule has 9 nitrogen and oxygen atoms in total. The van der Waals surface area contributed by atoms with Crippen LogP contribution in [0.3, 0.4) is 0 Å². The molecule has 0 fully saturated rings. The van der Waals surface area contributed by atoms with Crippen LogP contribution in [-0.2, 0) is 9.59 Å². The maximum Gasteiger partial charge on any atom is 0.294 e. The maximum atomic E-state index is 12.3. The number of nitrogens with zero attached hydrogens (tertiary/aromatic N) is 2. The molecule has 0 radical (unpaired) electrons. The molecule has 0 spiro atoms. The minimum absolute atomic E-state index is 0.127. The van der Waals surface area contributed by atoms with Crippen molar-refractivity contribution in [2.75, 3.05) is 17.2 Å². The number of carbonyl (C=O) groups is 2. The highest BCUT2D eigenvalue weighted by Gasteiger charge is 2.15. The van der Waals surface area contributed by atoms with Crippen molar-refractivity contribution in [1.82, 2.24) is 9.97 Å². The molecule has 0 aliphatic rings. The summed E-state index contributed by atoms with van der Waals surface area (Å²) >= 11 is 5.86. The van der Waals surface area contributed by atoms with E-state index in [1.165, 1.54) is 24.3 Å². The number of carbonyl (C=O) groups excluding carboxylic acids is 2. The van der Waals surface area contributed by atoms with Gasteiger partial charge in [-0.25, -0.2) is 4.98 Å². The minimum atomic E-state index is -0.972. The third-order valence-electron chi connectivity index (χ3n) is 3.95. The van der Waals surface area contributed by atoms with Gasteiger partial charge < -0.3 is 15.7 Å². The average molecular weight is 424 g/mol. The third kappa shape index (κ3) is 4.70. The number of Topliss-reactive ketones (excluding diaryl/α,β-unsaturated/α-hetero) is 1. The zero-order valence-electron chi connectivity index (χ0n) is 15.3. The molecular weight excluding hydrogens is 410 g/mol. The molecule has 10 heteroatoms. The second-order valence-electron chi connectivity index (χ2n) is 5.99. The molecule has 0 saturated carbocycles. The summed E-state index contributed by atoms with van der Waals surface area (Å²) in [6, 6.07) is 14.6. The SMILES string of the molecule is N#Cc1c(-c2ccc(NC(=O)C(=O)CO)cc2)nc(Nc2ccc(Cl)cc2)[nH]c1=O. The Hall–Kier alpha value is -4.00. The molecule has 150 valence electrons. The van der Waals surface area contributed by atoms with Gasteiger partial charge in [0.25, 0.3) is 11.5 Å². The van der Waals surface area contributed by atoms with E-state index in [0.717, 1.165) is 0 Å². The number of rotatable bonds is 6. The first-order chi connectivity index (χ1) is 14.4. The Morgan fingerprint density at radius 3 is 2.33 bits per heavy atom. The van der Waals surface area contributed by atoms with Gasteiger partial charge in [0.05, 0.1) is 5.69 Å². The summed E-state index contributed by atoms with van der Waals surface area (Å²) < 4.78 is 0. The highest BCUT2D eigenvalue weighted by molar-refractivity contribution is 6.41. The van der Waals surface area contributed by atoms with E-state index in [-0.39, 0.29) is 17.2 Å². The Kier molecular flexibility index (Phi) is 6.22. The standard InChI is InChI=1S/C20H14ClN5O4/c21-12-3-7-14(8-4-12)24-20-25-17(15(9-22)18(29)26-20)11-1-5-13(6-2-11)23-19(30)16(28)10-27/h1-8,27H,10H2,(H,23,30)(H2,24,25,26,29). The molecule has 3 rings (SSSR count).